The van der Waals surface area contributed by atoms with E-state index in [1.165, 1.54) is 10.5 Å². The molecule has 0 spiro atoms. The molecule has 1 N–H and O–H groups in total. The minimum atomic E-state index is -3.50. The molecule has 2 aromatic rings. The van der Waals surface area contributed by atoms with Crippen molar-refractivity contribution in [2.75, 3.05) is 32.7 Å². The number of aryl methyl sites for hydroxylation is 1. The van der Waals surface area contributed by atoms with Crippen LogP contribution in [0.2, 0.25) is 0 Å². The number of rotatable bonds is 7. The summed E-state index contributed by atoms with van der Waals surface area (Å²) in [4.78, 5) is 14.2. The van der Waals surface area contributed by atoms with Gasteiger partial charge in [0.05, 0.1) is 17.7 Å². The zero-order valence-corrected chi connectivity index (χ0v) is 17.0. The van der Waals surface area contributed by atoms with Gasteiger partial charge in [-0.2, -0.15) is 9.41 Å². The van der Waals surface area contributed by atoms with E-state index in [-0.39, 0.29) is 12.5 Å². The van der Waals surface area contributed by atoms with E-state index >= 15 is 0 Å². The first-order valence-corrected chi connectivity index (χ1v) is 10.7. The Labute approximate surface area is 170 Å². The van der Waals surface area contributed by atoms with Gasteiger partial charge in [0, 0.05) is 32.4 Å². The molecule has 1 amide bonds. The van der Waals surface area contributed by atoms with E-state index in [2.05, 4.69) is 10.5 Å². The van der Waals surface area contributed by atoms with E-state index < -0.39 is 10.0 Å². The van der Waals surface area contributed by atoms with Crippen molar-refractivity contribution in [1.82, 2.24) is 14.6 Å². The van der Waals surface area contributed by atoms with E-state index in [1.807, 2.05) is 17.9 Å². The highest BCUT2D eigenvalue weighted by Gasteiger charge is 2.28. The lowest BCUT2D eigenvalue weighted by Gasteiger charge is -2.33. The molecule has 1 fully saturated rings. The highest BCUT2D eigenvalue weighted by Crippen LogP contribution is 2.18. The molecule has 0 radical (unpaired) electrons. The Morgan fingerprint density at radius 1 is 1.17 bits per heavy atom. The molecule has 0 bridgehead atoms. The number of sulfonamides is 1. The van der Waals surface area contributed by atoms with Crippen molar-refractivity contribution < 1.29 is 17.6 Å². The fourth-order valence-corrected chi connectivity index (χ4v) is 4.32. The number of allylic oxidation sites excluding steroid dienone is 1. The van der Waals surface area contributed by atoms with E-state index in [0.29, 0.717) is 36.8 Å². The van der Waals surface area contributed by atoms with E-state index in [9.17, 15) is 13.2 Å². The van der Waals surface area contributed by atoms with Crippen molar-refractivity contribution in [3.63, 3.8) is 0 Å². The number of piperazine rings is 1. The minimum absolute atomic E-state index is 0.164. The zero-order chi connectivity index (χ0) is 20.7. The first kappa shape index (κ1) is 21.0. The lowest BCUT2D eigenvalue weighted by Crippen LogP contribution is -2.50. The van der Waals surface area contributed by atoms with Crippen LogP contribution >= 0.6 is 0 Å². The lowest BCUT2D eigenvalue weighted by molar-refractivity contribution is -0.122. The van der Waals surface area contributed by atoms with Gasteiger partial charge < -0.3 is 4.42 Å². The van der Waals surface area contributed by atoms with E-state index in [0.717, 1.165) is 5.56 Å². The number of nitrogens with one attached hydrogen (secondary N) is 1. The van der Waals surface area contributed by atoms with Gasteiger partial charge in [-0.05, 0) is 43.3 Å². The Bertz CT molecular complexity index is 958. The average molecular weight is 417 g/mol. The summed E-state index contributed by atoms with van der Waals surface area (Å²) < 4.78 is 32.0. The van der Waals surface area contributed by atoms with Gasteiger partial charge in [-0.1, -0.05) is 17.7 Å². The maximum absolute atomic E-state index is 12.7. The molecule has 29 heavy (non-hydrogen) atoms. The third-order valence-corrected chi connectivity index (χ3v) is 6.42. The predicted molar refractivity (Wildman–Crippen MR) is 111 cm³/mol. The van der Waals surface area contributed by atoms with Crippen molar-refractivity contribution in [1.29, 1.82) is 0 Å². The van der Waals surface area contributed by atoms with Gasteiger partial charge in [-0.25, -0.2) is 13.8 Å². The second-order valence-corrected chi connectivity index (χ2v) is 8.62. The van der Waals surface area contributed by atoms with Gasteiger partial charge >= 0.3 is 0 Å². The summed E-state index contributed by atoms with van der Waals surface area (Å²) in [5, 5.41) is 3.85. The first-order chi connectivity index (χ1) is 13.9. The van der Waals surface area contributed by atoms with Crippen molar-refractivity contribution in [3.8, 4) is 0 Å². The van der Waals surface area contributed by atoms with E-state index in [1.54, 1.807) is 48.7 Å². The van der Waals surface area contributed by atoms with Crippen LogP contribution in [0.25, 0.3) is 6.08 Å². The Hall–Kier alpha value is -2.75. The molecular weight excluding hydrogens is 392 g/mol. The maximum atomic E-state index is 12.7. The van der Waals surface area contributed by atoms with Crippen LogP contribution in [0, 0.1) is 6.92 Å². The molecule has 0 saturated carbocycles. The van der Waals surface area contributed by atoms with Crippen LogP contribution in [-0.2, 0) is 14.8 Å². The third kappa shape index (κ3) is 5.86. The molecule has 1 aromatic heterocycles. The molecule has 9 heteroatoms. The van der Waals surface area contributed by atoms with Crippen LogP contribution in [0.5, 0.6) is 0 Å². The highest BCUT2D eigenvalue weighted by molar-refractivity contribution is 7.89. The molecule has 0 aliphatic carbocycles. The molecule has 0 unspecified atom stereocenters. The van der Waals surface area contributed by atoms with E-state index in [4.69, 9.17) is 4.42 Å². The topological polar surface area (TPSA) is 95.2 Å². The molecule has 0 atom stereocenters. The van der Waals surface area contributed by atoms with Crippen LogP contribution in [0.4, 0.5) is 0 Å². The van der Waals surface area contributed by atoms with Gasteiger partial charge in [0.1, 0.15) is 5.76 Å². The summed E-state index contributed by atoms with van der Waals surface area (Å²) in [5.74, 6) is 0.448. The van der Waals surface area contributed by atoms with Crippen LogP contribution in [0.1, 0.15) is 11.3 Å². The summed E-state index contributed by atoms with van der Waals surface area (Å²) in [6, 6.07) is 10.4. The Morgan fingerprint density at radius 2 is 1.90 bits per heavy atom. The van der Waals surface area contributed by atoms with Crippen molar-refractivity contribution in [2.45, 2.75) is 11.8 Å². The fourth-order valence-electron chi connectivity index (χ4n) is 2.90. The second-order valence-electron chi connectivity index (χ2n) is 6.68. The Kier molecular flexibility index (Phi) is 6.97. The minimum Gasteiger partial charge on any atom is -0.465 e. The highest BCUT2D eigenvalue weighted by atomic mass is 32.2. The number of benzene rings is 1. The molecule has 2 heterocycles. The van der Waals surface area contributed by atoms with Crippen LogP contribution in [0.15, 0.2) is 63.2 Å². The fraction of sp³-hybridized carbons (Fsp3) is 0.300. The van der Waals surface area contributed by atoms with Crippen LogP contribution < -0.4 is 5.43 Å². The zero-order valence-electron chi connectivity index (χ0n) is 16.2. The molecular formula is C20H24N4O4S. The Balaban J connectivity index is 1.43. The number of furan rings is 1. The largest absolute Gasteiger partial charge is 0.465 e. The standard InChI is InChI=1S/C20H24N4O4S/c1-17-6-8-19(9-7-17)29(26,27)24-13-11-23(12-14-24)16-20(25)22-21-10-2-4-18-5-3-15-28-18/h2-10,15H,11-14,16H2,1H3,(H,22,25)/b4-2-,21-10-. The lowest BCUT2D eigenvalue weighted by atomic mass is 10.2. The van der Waals surface area contributed by atoms with Crippen molar-refractivity contribution in [3.05, 3.63) is 60.1 Å². The molecule has 8 nitrogen and oxygen atoms in total. The monoisotopic (exact) mass is 416 g/mol. The molecule has 154 valence electrons. The van der Waals surface area contributed by atoms with Gasteiger partial charge in [-0.15, -0.1) is 0 Å². The quantitative estimate of drug-likeness (QED) is 0.548. The predicted octanol–water partition coefficient (Wildman–Crippen LogP) is 1.71. The maximum Gasteiger partial charge on any atom is 0.254 e. The van der Waals surface area contributed by atoms with Gasteiger partial charge in [0.15, 0.2) is 0 Å². The van der Waals surface area contributed by atoms with Gasteiger partial charge in [0.25, 0.3) is 5.91 Å². The van der Waals surface area contributed by atoms with Crippen LogP contribution in [-0.4, -0.2) is 62.5 Å². The number of nitrogens with zero attached hydrogens (tertiary/aromatic N) is 3. The van der Waals surface area contributed by atoms with Crippen molar-refractivity contribution in [2.24, 2.45) is 5.10 Å². The van der Waals surface area contributed by atoms with Crippen molar-refractivity contribution >= 4 is 28.2 Å². The third-order valence-electron chi connectivity index (χ3n) is 4.51. The summed E-state index contributed by atoms with van der Waals surface area (Å²) in [5.41, 5.74) is 3.47. The SMILES string of the molecule is Cc1ccc(S(=O)(=O)N2CCN(CC(=O)N/N=C\C=C/c3ccco3)CC2)cc1. The summed E-state index contributed by atoms with van der Waals surface area (Å²) >= 11 is 0. The smallest absolute Gasteiger partial charge is 0.254 e. The second kappa shape index (κ2) is 9.64. The number of hydrazone groups is 1. The summed E-state index contributed by atoms with van der Waals surface area (Å²) in [6.07, 6.45) is 6.42. The molecule has 3 rings (SSSR count). The van der Waals surface area contributed by atoms with Gasteiger partial charge in [0.2, 0.25) is 10.0 Å². The molecule has 1 aliphatic heterocycles. The first-order valence-electron chi connectivity index (χ1n) is 9.26. The summed E-state index contributed by atoms with van der Waals surface area (Å²) in [6.45, 7) is 3.75. The van der Waals surface area contributed by atoms with Gasteiger partial charge in [-0.3, -0.25) is 9.69 Å². The number of hydrogen-bond acceptors (Lipinski definition) is 6. The normalized spacial score (nSPS) is 16.6. The molecule has 1 saturated heterocycles. The average Bonchev–Trinajstić information content (AvgIpc) is 3.22. The molecule has 1 aliphatic rings. The Morgan fingerprint density at radius 3 is 2.55 bits per heavy atom. The number of carbonyl (C=O) groups is 1. The van der Waals surface area contributed by atoms with Crippen LogP contribution in [0.3, 0.4) is 0 Å². The molecule has 1 aromatic carbocycles. The summed E-state index contributed by atoms with van der Waals surface area (Å²) in [7, 11) is -3.50. The number of hydrogen-bond donors (Lipinski definition) is 1. The number of carbonyl (C=O) groups excluding carboxylic acids is 1. The number of amides is 1.